The topological polar surface area (TPSA) is 95.9 Å². The van der Waals surface area contributed by atoms with E-state index in [0.29, 0.717) is 19.3 Å². The average Bonchev–Trinajstić information content (AvgIpc) is 3.24. The summed E-state index contributed by atoms with van der Waals surface area (Å²) in [5, 5.41) is 23.7. The molecule has 60 heavy (non-hydrogen) atoms. The van der Waals surface area contributed by atoms with Crippen LogP contribution in [0.3, 0.4) is 0 Å². The quantitative estimate of drug-likeness (QED) is 0.0322. The van der Waals surface area contributed by atoms with Gasteiger partial charge >= 0.3 is 5.97 Å². The van der Waals surface area contributed by atoms with Crippen LogP contribution in [0.25, 0.3) is 0 Å². The van der Waals surface area contributed by atoms with Crippen molar-refractivity contribution in [1.82, 2.24) is 5.32 Å². The molecule has 0 aromatic carbocycles. The minimum atomic E-state index is -0.786. The number of nitrogens with one attached hydrogen (secondary N) is 1. The molecular formula is C54H101NO5. The first-order valence-electron chi connectivity index (χ1n) is 26.2. The normalized spacial score (nSPS) is 13.5. The number of carbonyl (C=O) groups excluding carboxylic acids is 2. The van der Waals surface area contributed by atoms with Crippen LogP contribution in [0.5, 0.6) is 0 Å². The summed E-state index contributed by atoms with van der Waals surface area (Å²) in [6.45, 7) is 6.45. The van der Waals surface area contributed by atoms with Crippen molar-refractivity contribution < 1.29 is 24.5 Å². The maximum atomic E-state index is 13.2. The Morgan fingerprint density at radius 1 is 0.483 bits per heavy atom. The second-order valence-electron chi connectivity index (χ2n) is 17.9. The zero-order chi connectivity index (χ0) is 43.8. The summed E-state index contributed by atoms with van der Waals surface area (Å²) in [5.41, 5.74) is 0. The summed E-state index contributed by atoms with van der Waals surface area (Å²) < 4.78 is 5.93. The van der Waals surface area contributed by atoms with Gasteiger partial charge in [-0.1, -0.05) is 231 Å². The first-order chi connectivity index (χ1) is 29.5. The number of carbonyl (C=O) groups is 2. The van der Waals surface area contributed by atoms with E-state index in [1.807, 2.05) is 0 Å². The van der Waals surface area contributed by atoms with E-state index >= 15 is 0 Å². The van der Waals surface area contributed by atoms with Crippen LogP contribution in [0.4, 0.5) is 0 Å². The molecule has 1 amide bonds. The van der Waals surface area contributed by atoms with E-state index in [2.05, 4.69) is 62.5 Å². The first-order valence-corrected chi connectivity index (χ1v) is 26.2. The molecule has 0 spiro atoms. The molecule has 6 nitrogen and oxygen atoms in total. The van der Waals surface area contributed by atoms with Gasteiger partial charge in [0.1, 0.15) is 6.10 Å². The molecule has 0 heterocycles. The predicted molar refractivity (Wildman–Crippen MR) is 259 cm³/mol. The molecule has 0 saturated carbocycles. The number of aliphatic hydroxyl groups excluding tert-OH is 2. The lowest BCUT2D eigenvalue weighted by molar-refractivity contribution is -0.151. The number of aliphatic hydroxyl groups is 2. The minimum Gasteiger partial charge on any atom is -0.462 e. The van der Waals surface area contributed by atoms with Gasteiger partial charge in [-0.15, -0.1) is 0 Å². The number of amides is 1. The molecule has 6 heteroatoms. The molecule has 0 fully saturated rings. The van der Waals surface area contributed by atoms with Gasteiger partial charge in [0.2, 0.25) is 5.91 Å². The van der Waals surface area contributed by atoms with Crippen LogP contribution in [0.2, 0.25) is 0 Å². The van der Waals surface area contributed by atoms with Crippen LogP contribution in [-0.2, 0) is 14.3 Å². The van der Waals surface area contributed by atoms with Gasteiger partial charge in [0.15, 0.2) is 0 Å². The lowest BCUT2D eigenvalue weighted by Crippen LogP contribution is -2.46. The summed E-state index contributed by atoms with van der Waals surface area (Å²) in [6.07, 6.45) is 56.3. The van der Waals surface area contributed by atoms with Crippen LogP contribution in [0.15, 0.2) is 36.5 Å². The zero-order valence-electron chi connectivity index (χ0n) is 40.1. The van der Waals surface area contributed by atoms with Gasteiger partial charge in [0.25, 0.3) is 0 Å². The van der Waals surface area contributed by atoms with E-state index in [1.54, 1.807) is 0 Å². The van der Waals surface area contributed by atoms with Crippen molar-refractivity contribution in [2.45, 2.75) is 289 Å². The SMILES string of the molecule is CCCCC/C=C\C/C=C\C/C=C\CCCCCCCCC(=O)OC(CCCCCCCCCCCCC)CC(=O)NC(CO)C(O)CCCCCCCCCCCCC. The van der Waals surface area contributed by atoms with E-state index in [1.165, 1.54) is 154 Å². The van der Waals surface area contributed by atoms with E-state index in [-0.39, 0.29) is 24.9 Å². The molecule has 0 bridgehead atoms. The molecule has 0 aliphatic carbocycles. The van der Waals surface area contributed by atoms with Gasteiger partial charge in [-0.25, -0.2) is 0 Å². The Hall–Kier alpha value is -1.92. The molecular weight excluding hydrogens is 743 g/mol. The number of ether oxygens (including phenoxy) is 1. The molecule has 352 valence electrons. The Bertz CT molecular complexity index is 993. The smallest absolute Gasteiger partial charge is 0.306 e. The second-order valence-corrected chi connectivity index (χ2v) is 17.9. The summed E-state index contributed by atoms with van der Waals surface area (Å²) in [5.74, 6) is -0.478. The highest BCUT2D eigenvalue weighted by atomic mass is 16.5. The van der Waals surface area contributed by atoms with Gasteiger partial charge < -0.3 is 20.3 Å². The summed E-state index contributed by atoms with van der Waals surface area (Å²) in [4.78, 5) is 26.1. The van der Waals surface area contributed by atoms with Crippen LogP contribution in [0.1, 0.15) is 271 Å². The van der Waals surface area contributed by atoms with Gasteiger partial charge in [0, 0.05) is 6.42 Å². The van der Waals surface area contributed by atoms with Crippen LogP contribution >= 0.6 is 0 Å². The molecule has 3 N–H and O–H groups in total. The van der Waals surface area contributed by atoms with Gasteiger partial charge in [-0.3, -0.25) is 9.59 Å². The third-order valence-electron chi connectivity index (χ3n) is 12.0. The zero-order valence-corrected chi connectivity index (χ0v) is 40.1. The second kappa shape index (κ2) is 48.1. The Kier molecular flexibility index (Phi) is 46.6. The Balaban J connectivity index is 4.51. The minimum absolute atomic E-state index is 0.0758. The summed E-state index contributed by atoms with van der Waals surface area (Å²) in [6, 6.07) is -0.700. The monoisotopic (exact) mass is 844 g/mol. The standard InChI is InChI=1S/C54H101NO5/c1-4-7-10-13-16-19-22-23-24-25-26-27-28-29-32-35-38-41-44-47-54(59)60-50(45-42-39-36-33-30-20-17-14-11-8-5-2)48-53(58)55-51(49-56)52(57)46-43-40-37-34-31-21-18-15-12-9-6-3/h16,19,23-24,26-27,50-52,56-57H,4-15,17-18,20-22,25,28-49H2,1-3H3,(H,55,58)/b19-16-,24-23-,27-26-. The third-order valence-corrected chi connectivity index (χ3v) is 12.0. The molecule has 0 saturated heterocycles. The van der Waals surface area contributed by atoms with Crippen molar-refractivity contribution >= 4 is 11.9 Å². The fourth-order valence-corrected chi connectivity index (χ4v) is 7.97. The molecule has 0 aliphatic heterocycles. The molecule has 0 rings (SSSR count). The fourth-order valence-electron chi connectivity index (χ4n) is 7.97. The van der Waals surface area contributed by atoms with E-state index < -0.39 is 18.2 Å². The van der Waals surface area contributed by atoms with Crippen LogP contribution < -0.4 is 5.32 Å². The summed E-state index contributed by atoms with van der Waals surface area (Å²) in [7, 11) is 0. The summed E-state index contributed by atoms with van der Waals surface area (Å²) >= 11 is 0. The molecule has 0 aromatic rings. The molecule has 3 atom stereocenters. The molecule has 0 aliphatic rings. The van der Waals surface area contributed by atoms with E-state index in [4.69, 9.17) is 4.74 Å². The van der Waals surface area contributed by atoms with Crippen molar-refractivity contribution in [3.8, 4) is 0 Å². The maximum absolute atomic E-state index is 13.2. The highest BCUT2D eigenvalue weighted by molar-refractivity contribution is 5.77. The Labute approximate surface area is 373 Å². The Morgan fingerprint density at radius 2 is 0.850 bits per heavy atom. The van der Waals surface area contributed by atoms with Crippen molar-refractivity contribution in [1.29, 1.82) is 0 Å². The molecule has 3 unspecified atom stereocenters. The first kappa shape index (κ1) is 58.1. The van der Waals surface area contributed by atoms with Gasteiger partial charge in [-0.2, -0.15) is 0 Å². The van der Waals surface area contributed by atoms with Crippen molar-refractivity contribution in [3.05, 3.63) is 36.5 Å². The lowest BCUT2D eigenvalue weighted by Gasteiger charge is -2.24. The molecule has 0 aromatic heterocycles. The number of unbranched alkanes of at least 4 members (excludes halogenated alkanes) is 29. The lowest BCUT2D eigenvalue weighted by atomic mass is 10.0. The predicted octanol–water partition coefficient (Wildman–Crippen LogP) is 15.7. The average molecular weight is 844 g/mol. The van der Waals surface area contributed by atoms with Crippen molar-refractivity contribution in [2.24, 2.45) is 0 Å². The number of hydrogen-bond acceptors (Lipinski definition) is 5. The van der Waals surface area contributed by atoms with E-state index in [9.17, 15) is 19.8 Å². The van der Waals surface area contributed by atoms with Gasteiger partial charge in [0.05, 0.1) is 25.2 Å². The van der Waals surface area contributed by atoms with Crippen LogP contribution in [0, 0.1) is 0 Å². The maximum Gasteiger partial charge on any atom is 0.306 e. The van der Waals surface area contributed by atoms with Crippen molar-refractivity contribution in [3.63, 3.8) is 0 Å². The Morgan fingerprint density at radius 3 is 1.32 bits per heavy atom. The number of allylic oxidation sites excluding steroid dienone is 6. The fraction of sp³-hybridized carbons (Fsp3) is 0.852. The van der Waals surface area contributed by atoms with Crippen molar-refractivity contribution in [2.75, 3.05) is 6.61 Å². The highest BCUT2D eigenvalue weighted by Crippen LogP contribution is 2.18. The number of hydrogen-bond donors (Lipinski definition) is 3. The number of esters is 1. The number of rotatable bonds is 47. The van der Waals surface area contributed by atoms with E-state index in [0.717, 1.165) is 70.6 Å². The largest absolute Gasteiger partial charge is 0.462 e. The molecule has 0 radical (unpaired) electrons. The highest BCUT2D eigenvalue weighted by Gasteiger charge is 2.24. The third kappa shape index (κ3) is 42.8. The van der Waals surface area contributed by atoms with Crippen LogP contribution in [-0.4, -0.2) is 46.9 Å². The van der Waals surface area contributed by atoms with Gasteiger partial charge in [-0.05, 0) is 64.2 Å².